The lowest BCUT2D eigenvalue weighted by Gasteiger charge is -2.42. The molecule has 1 aliphatic heterocycles. The van der Waals surface area contributed by atoms with Crippen LogP contribution in [-0.2, 0) is 4.79 Å². The van der Waals surface area contributed by atoms with Crippen molar-refractivity contribution in [2.75, 3.05) is 13.1 Å². The molecule has 12 heavy (non-hydrogen) atoms. The van der Waals surface area contributed by atoms with Crippen molar-refractivity contribution >= 4 is 5.91 Å². The third kappa shape index (κ3) is 1.79. The second-order valence-corrected chi connectivity index (χ2v) is 4.40. The molecule has 0 N–H and O–H groups in total. The number of carbonyl (C=O) groups excluding carboxylic acids is 1. The first-order valence-corrected chi connectivity index (χ1v) is 4.81. The van der Waals surface area contributed by atoms with E-state index in [1.807, 2.05) is 18.7 Å². The zero-order valence-electron chi connectivity index (χ0n) is 8.50. The van der Waals surface area contributed by atoms with Crippen LogP contribution in [0.3, 0.4) is 0 Å². The fourth-order valence-corrected chi connectivity index (χ4v) is 1.48. The van der Waals surface area contributed by atoms with E-state index in [9.17, 15) is 4.79 Å². The van der Waals surface area contributed by atoms with Crippen LogP contribution in [0.15, 0.2) is 0 Å². The summed E-state index contributed by atoms with van der Waals surface area (Å²) in [6.07, 6.45) is 0. The third-order valence-electron chi connectivity index (χ3n) is 2.66. The number of hydrogen-bond donors (Lipinski definition) is 0. The molecule has 1 saturated heterocycles. The predicted molar refractivity (Wildman–Crippen MR) is 49.7 cm³/mol. The smallest absolute Gasteiger partial charge is 0.225 e. The zero-order chi connectivity index (χ0) is 9.30. The van der Waals surface area contributed by atoms with Crippen molar-refractivity contribution in [2.45, 2.75) is 27.7 Å². The molecule has 0 spiro atoms. The highest BCUT2D eigenvalue weighted by molar-refractivity contribution is 5.78. The summed E-state index contributed by atoms with van der Waals surface area (Å²) in [6.45, 7) is 10.3. The standard InChI is InChI=1S/C10H19NO/c1-7(2)9-5-11(6-9)10(12)8(3)4/h7-9H,5-6H2,1-4H3. The maximum Gasteiger partial charge on any atom is 0.225 e. The van der Waals surface area contributed by atoms with Crippen LogP contribution >= 0.6 is 0 Å². The van der Waals surface area contributed by atoms with Gasteiger partial charge in [-0.3, -0.25) is 4.79 Å². The molecule has 70 valence electrons. The van der Waals surface area contributed by atoms with Crippen LogP contribution in [0.25, 0.3) is 0 Å². The fourth-order valence-electron chi connectivity index (χ4n) is 1.48. The van der Waals surface area contributed by atoms with Crippen molar-refractivity contribution in [3.05, 3.63) is 0 Å². The van der Waals surface area contributed by atoms with Crippen LogP contribution in [0.2, 0.25) is 0 Å². The van der Waals surface area contributed by atoms with Gasteiger partial charge in [0, 0.05) is 19.0 Å². The predicted octanol–water partition coefficient (Wildman–Crippen LogP) is 1.76. The number of carbonyl (C=O) groups is 1. The summed E-state index contributed by atoms with van der Waals surface area (Å²) in [7, 11) is 0. The molecule has 1 aliphatic rings. The second-order valence-electron chi connectivity index (χ2n) is 4.40. The Hall–Kier alpha value is -0.530. The molecule has 1 fully saturated rings. The average Bonchev–Trinajstić information content (AvgIpc) is 1.82. The molecule has 1 amide bonds. The van der Waals surface area contributed by atoms with Crippen LogP contribution in [0, 0.1) is 17.8 Å². The lowest BCUT2D eigenvalue weighted by molar-refractivity contribution is -0.141. The van der Waals surface area contributed by atoms with Gasteiger partial charge in [-0.05, 0) is 11.8 Å². The van der Waals surface area contributed by atoms with Gasteiger partial charge in [-0.25, -0.2) is 0 Å². The molecule has 0 saturated carbocycles. The van der Waals surface area contributed by atoms with Crippen molar-refractivity contribution < 1.29 is 4.79 Å². The van der Waals surface area contributed by atoms with E-state index >= 15 is 0 Å². The molecule has 2 heteroatoms. The van der Waals surface area contributed by atoms with Crippen molar-refractivity contribution in [1.29, 1.82) is 0 Å². The Kier molecular flexibility index (Phi) is 2.76. The largest absolute Gasteiger partial charge is 0.342 e. The quantitative estimate of drug-likeness (QED) is 0.617. The molecule has 0 aromatic carbocycles. The maximum atomic E-state index is 11.4. The van der Waals surface area contributed by atoms with E-state index < -0.39 is 0 Å². The molecular weight excluding hydrogens is 150 g/mol. The van der Waals surface area contributed by atoms with Crippen molar-refractivity contribution in [1.82, 2.24) is 4.90 Å². The van der Waals surface area contributed by atoms with Crippen molar-refractivity contribution in [3.8, 4) is 0 Å². The summed E-state index contributed by atoms with van der Waals surface area (Å²) in [5.74, 6) is 1.94. The molecule has 1 heterocycles. The molecule has 1 rings (SSSR count). The number of likely N-dealkylation sites (tertiary alicyclic amines) is 1. The van der Waals surface area contributed by atoms with E-state index in [-0.39, 0.29) is 5.92 Å². The van der Waals surface area contributed by atoms with Crippen LogP contribution in [-0.4, -0.2) is 23.9 Å². The van der Waals surface area contributed by atoms with E-state index in [1.165, 1.54) is 0 Å². The van der Waals surface area contributed by atoms with Gasteiger partial charge in [0.1, 0.15) is 0 Å². The minimum atomic E-state index is 0.165. The van der Waals surface area contributed by atoms with E-state index in [2.05, 4.69) is 13.8 Å². The first-order valence-electron chi connectivity index (χ1n) is 4.81. The maximum absolute atomic E-state index is 11.4. The first-order chi connectivity index (χ1) is 5.52. The van der Waals surface area contributed by atoms with Gasteiger partial charge < -0.3 is 4.90 Å². The highest BCUT2D eigenvalue weighted by atomic mass is 16.2. The van der Waals surface area contributed by atoms with E-state index in [0.717, 1.165) is 24.9 Å². The van der Waals surface area contributed by atoms with Gasteiger partial charge in [-0.2, -0.15) is 0 Å². The fraction of sp³-hybridized carbons (Fsp3) is 0.900. The Morgan fingerprint density at radius 3 is 2.08 bits per heavy atom. The Morgan fingerprint density at radius 1 is 1.25 bits per heavy atom. The summed E-state index contributed by atoms with van der Waals surface area (Å²) in [4.78, 5) is 13.4. The average molecular weight is 169 g/mol. The SMILES string of the molecule is CC(C)C(=O)N1CC(C(C)C)C1. The lowest BCUT2D eigenvalue weighted by Crippen LogP contribution is -2.53. The zero-order valence-corrected chi connectivity index (χ0v) is 8.50. The monoisotopic (exact) mass is 169 g/mol. The number of nitrogens with zero attached hydrogens (tertiary/aromatic N) is 1. The molecule has 0 unspecified atom stereocenters. The summed E-state index contributed by atoms with van der Waals surface area (Å²) in [5, 5.41) is 0. The van der Waals surface area contributed by atoms with Gasteiger partial charge in [0.15, 0.2) is 0 Å². The lowest BCUT2D eigenvalue weighted by atomic mass is 9.88. The van der Waals surface area contributed by atoms with Crippen LogP contribution in [0.4, 0.5) is 0 Å². The molecule has 2 nitrogen and oxygen atoms in total. The van der Waals surface area contributed by atoms with Crippen molar-refractivity contribution in [2.24, 2.45) is 17.8 Å². The number of rotatable bonds is 2. The van der Waals surface area contributed by atoms with Gasteiger partial charge in [0.2, 0.25) is 5.91 Å². The van der Waals surface area contributed by atoms with E-state index in [1.54, 1.807) is 0 Å². The number of hydrogen-bond acceptors (Lipinski definition) is 1. The topological polar surface area (TPSA) is 20.3 Å². The summed E-state index contributed by atoms with van der Waals surface area (Å²) < 4.78 is 0. The minimum Gasteiger partial charge on any atom is -0.342 e. The third-order valence-corrected chi connectivity index (χ3v) is 2.66. The highest BCUT2D eigenvalue weighted by Gasteiger charge is 2.32. The van der Waals surface area contributed by atoms with Gasteiger partial charge in [-0.15, -0.1) is 0 Å². The van der Waals surface area contributed by atoms with Crippen LogP contribution < -0.4 is 0 Å². The minimum absolute atomic E-state index is 0.165. The molecule has 0 bridgehead atoms. The molecule has 0 atom stereocenters. The van der Waals surface area contributed by atoms with Gasteiger partial charge >= 0.3 is 0 Å². The molecule has 0 aliphatic carbocycles. The molecule has 0 aromatic heterocycles. The normalized spacial score (nSPS) is 18.7. The molecular formula is C10H19NO. The Morgan fingerprint density at radius 2 is 1.75 bits per heavy atom. The van der Waals surface area contributed by atoms with Gasteiger partial charge in [-0.1, -0.05) is 27.7 Å². The Balaban J connectivity index is 2.30. The van der Waals surface area contributed by atoms with E-state index in [4.69, 9.17) is 0 Å². The second kappa shape index (κ2) is 3.46. The molecule has 0 aromatic rings. The first kappa shape index (κ1) is 9.56. The summed E-state index contributed by atoms with van der Waals surface area (Å²) in [5.41, 5.74) is 0. The highest BCUT2D eigenvalue weighted by Crippen LogP contribution is 2.24. The molecule has 0 radical (unpaired) electrons. The van der Waals surface area contributed by atoms with Crippen LogP contribution in [0.5, 0.6) is 0 Å². The summed E-state index contributed by atoms with van der Waals surface area (Å²) >= 11 is 0. The van der Waals surface area contributed by atoms with Crippen LogP contribution in [0.1, 0.15) is 27.7 Å². The number of amides is 1. The van der Waals surface area contributed by atoms with Gasteiger partial charge in [0.05, 0.1) is 0 Å². The van der Waals surface area contributed by atoms with E-state index in [0.29, 0.717) is 5.91 Å². The Bertz CT molecular complexity index is 169. The van der Waals surface area contributed by atoms with Gasteiger partial charge in [0.25, 0.3) is 0 Å². The summed E-state index contributed by atoms with van der Waals surface area (Å²) in [6, 6.07) is 0. The Labute approximate surface area is 74.9 Å². The van der Waals surface area contributed by atoms with Crippen molar-refractivity contribution in [3.63, 3.8) is 0 Å².